The van der Waals surface area contributed by atoms with Crippen LogP contribution in [0.4, 0.5) is 5.88 Å². The zero-order valence-corrected chi connectivity index (χ0v) is 15.4. The van der Waals surface area contributed by atoms with E-state index in [2.05, 4.69) is 5.32 Å². The van der Waals surface area contributed by atoms with E-state index in [0.717, 1.165) is 37.5 Å². The van der Waals surface area contributed by atoms with Crippen molar-refractivity contribution in [2.45, 2.75) is 25.4 Å². The van der Waals surface area contributed by atoms with Gasteiger partial charge in [-0.1, -0.05) is 23.7 Å². The molecule has 0 unspecified atom stereocenters. The topological polar surface area (TPSA) is 89.8 Å². The molecule has 1 fully saturated rings. The van der Waals surface area contributed by atoms with Gasteiger partial charge in [0.2, 0.25) is 5.91 Å². The number of nitro groups is 1. The van der Waals surface area contributed by atoms with Crippen LogP contribution in [0.2, 0.25) is 5.02 Å². The average Bonchev–Trinajstić information content (AvgIpc) is 3.13. The lowest BCUT2D eigenvalue weighted by Crippen LogP contribution is -3.12. The third kappa shape index (κ3) is 5.67. The maximum absolute atomic E-state index is 12.0. The molecule has 0 saturated carbocycles. The number of piperidine rings is 1. The molecule has 3 rings (SSSR count). The number of benzene rings is 1. The predicted molar refractivity (Wildman–Crippen MR) is 101 cm³/mol. The molecule has 0 aliphatic carbocycles. The van der Waals surface area contributed by atoms with Crippen LogP contribution in [0.1, 0.15) is 24.2 Å². The normalized spacial score (nSPS) is 19.9. The summed E-state index contributed by atoms with van der Waals surface area (Å²) in [5.74, 6) is -0.287. The molecule has 7 nitrogen and oxygen atoms in total. The molecule has 2 heterocycles. The summed E-state index contributed by atoms with van der Waals surface area (Å²) in [7, 11) is 0. The van der Waals surface area contributed by atoms with Gasteiger partial charge in [0.15, 0.2) is 0 Å². The molecule has 0 bridgehead atoms. The van der Waals surface area contributed by atoms with Crippen LogP contribution in [0.25, 0.3) is 6.08 Å². The second-order valence-electron chi connectivity index (χ2n) is 6.60. The number of nitrogens with one attached hydrogen (secondary N) is 2. The van der Waals surface area contributed by atoms with Gasteiger partial charge < -0.3 is 14.6 Å². The molecule has 27 heavy (non-hydrogen) atoms. The number of furan rings is 1. The molecule has 142 valence electrons. The molecule has 0 spiro atoms. The molecule has 1 aliphatic heterocycles. The zero-order valence-electron chi connectivity index (χ0n) is 14.7. The van der Waals surface area contributed by atoms with Crippen molar-refractivity contribution < 1.29 is 19.0 Å². The average molecular weight is 391 g/mol. The molecule has 1 saturated heterocycles. The van der Waals surface area contributed by atoms with Crippen molar-refractivity contribution in [3.63, 3.8) is 0 Å². The van der Waals surface area contributed by atoms with Crippen molar-refractivity contribution in [2.24, 2.45) is 0 Å². The Bertz CT molecular complexity index is 824. The number of nitrogens with zero attached hydrogens (tertiary/aromatic N) is 1. The highest BCUT2D eigenvalue weighted by molar-refractivity contribution is 6.30. The molecule has 1 aromatic heterocycles. The lowest BCUT2D eigenvalue weighted by molar-refractivity contribution is -0.918. The summed E-state index contributed by atoms with van der Waals surface area (Å²) in [5.41, 5.74) is 1.26. The number of halogens is 1. The molecule has 1 amide bonds. The summed E-state index contributed by atoms with van der Waals surface area (Å²) >= 11 is 5.91. The Morgan fingerprint density at radius 2 is 1.96 bits per heavy atom. The minimum Gasteiger partial charge on any atom is -0.401 e. The van der Waals surface area contributed by atoms with Crippen molar-refractivity contribution in [3.05, 3.63) is 68.9 Å². The summed E-state index contributed by atoms with van der Waals surface area (Å²) < 4.78 is 4.99. The van der Waals surface area contributed by atoms with E-state index >= 15 is 0 Å². The third-order valence-corrected chi connectivity index (χ3v) is 4.85. The monoisotopic (exact) mass is 390 g/mol. The minimum absolute atomic E-state index is 0.141. The van der Waals surface area contributed by atoms with Gasteiger partial charge in [-0.3, -0.25) is 14.9 Å². The first-order valence-electron chi connectivity index (χ1n) is 8.80. The van der Waals surface area contributed by atoms with Gasteiger partial charge in [-0.15, -0.1) is 0 Å². The molecular weight excluding hydrogens is 370 g/mol. The summed E-state index contributed by atoms with van der Waals surface area (Å²) in [4.78, 5) is 23.5. The Labute approximate surface area is 161 Å². The van der Waals surface area contributed by atoms with E-state index < -0.39 is 4.92 Å². The summed E-state index contributed by atoms with van der Waals surface area (Å²) in [6.07, 6.45) is 4.60. The Morgan fingerprint density at radius 1 is 1.26 bits per heavy atom. The van der Waals surface area contributed by atoms with Crippen LogP contribution in [-0.4, -0.2) is 30.0 Å². The van der Waals surface area contributed by atoms with Crippen LogP contribution in [0, 0.1) is 10.1 Å². The van der Waals surface area contributed by atoms with E-state index in [0.29, 0.717) is 0 Å². The number of hydrogen-bond acceptors (Lipinski definition) is 4. The fourth-order valence-corrected chi connectivity index (χ4v) is 3.30. The van der Waals surface area contributed by atoms with Crippen molar-refractivity contribution in [1.29, 1.82) is 0 Å². The predicted octanol–water partition coefficient (Wildman–Crippen LogP) is 2.22. The zero-order chi connectivity index (χ0) is 19.2. The molecule has 2 aromatic rings. The molecule has 2 N–H and O–H groups in total. The van der Waals surface area contributed by atoms with Gasteiger partial charge in [0, 0.05) is 35.5 Å². The van der Waals surface area contributed by atoms with Crippen molar-refractivity contribution in [2.75, 3.05) is 13.1 Å². The number of hydrogen-bond donors (Lipinski definition) is 2. The van der Waals surface area contributed by atoms with E-state index in [1.54, 1.807) is 0 Å². The number of amides is 1. The fraction of sp³-hybridized carbons (Fsp3) is 0.316. The van der Waals surface area contributed by atoms with Gasteiger partial charge in [0.25, 0.3) is 0 Å². The van der Waals surface area contributed by atoms with Crippen LogP contribution in [0.3, 0.4) is 0 Å². The highest BCUT2D eigenvalue weighted by atomic mass is 35.5. The van der Waals surface area contributed by atoms with Gasteiger partial charge in [-0.2, -0.15) is 0 Å². The maximum atomic E-state index is 12.0. The summed E-state index contributed by atoms with van der Waals surface area (Å²) in [6, 6.07) is 10.8. The minimum atomic E-state index is -0.614. The van der Waals surface area contributed by atoms with Crippen molar-refractivity contribution in [3.8, 4) is 0 Å². The molecular formula is C19H21ClN3O4+. The van der Waals surface area contributed by atoms with Crippen LogP contribution >= 0.6 is 11.6 Å². The molecule has 1 aliphatic rings. The van der Waals surface area contributed by atoms with Crippen LogP contribution in [0.15, 0.2) is 46.9 Å². The largest absolute Gasteiger partial charge is 0.433 e. The number of carbonyl (C=O) groups excluding carboxylic acids is 1. The molecule has 8 heteroatoms. The molecule has 0 atom stereocenters. The van der Waals surface area contributed by atoms with Crippen molar-refractivity contribution >= 4 is 29.5 Å². The first-order valence-corrected chi connectivity index (χ1v) is 9.18. The fourth-order valence-electron chi connectivity index (χ4n) is 3.18. The third-order valence-electron chi connectivity index (χ3n) is 4.60. The van der Waals surface area contributed by atoms with Gasteiger partial charge in [-0.05, 0) is 24.3 Å². The Hall–Kier alpha value is -2.64. The SMILES string of the molecule is O=C(/C=C/c1ccc([N+](=O)[O-])o1)NC1CC[NH+](Cc2ccc(Cl)cc2)CC1. The maximum Gasteiger partial charge on any atom is 0.433 e. The van der Waals surface area contributed by atoms with Crippen molar-refractivity contribution in [1.82, 2.24) is 5.32 Å². The van der Waals surface area contributed by atoms with Crippen LogP contribution in [-0.2, 0) is 11.3 Å². The van der Waals surface area contributed by atoms with Crippen LogP contribution < -0.4 is 10.2 Å². The highest BCUT2D eigenvalue weighted by Gasteiger charge is 2.23. The number of likely N-dealkylation sites (tertiary alicyclic amines) is 1. The van der Waals surface area contributed by atoms with Gasteiger partial charge in [0.05, 0.1) is 19.2 Å². The van der Waals surface area contributed by atoms with E-state index in [9.17, 15) is 14.9 Å². The number of quaternary nitrogens is 1. The molecule has 0 radical (unpaired) electrons. The van der Waals surface area contributed by atoms with E-state index in [-0.39, 0.29) is 23.6 Å². The number of rotatable bonds is 6. The van der Waals surface area contributed by atoms with Gasteiger partial charge >= 0.3 is 5.88 Å². The second-order valence-corrected chi connectivity index (χ2v) is 7.04. The van der Waals surface area contributed by atoms with Gasteiger partial charge in [0.1, 0.15) is 17.2 Å². The smallest absolute Gasteiger partial charge is 0.401 e. The summed E-state index contributed by atoms with van der Waals surface area (Å²) in [5, 5.41) is 14.3. The molecule has 1 aromatic carbocycles. The van der Waals surface area contributed by atoms with E-state index in [1.165, 1.54) is 34.7 Å². The van der Waals surface area contributed by atoms with E-state index in [1.807, 2.05) is 24.3 Å². The standard InChI is InChI=1S/C19H20ClN3O4/c20-15-3-1-14(2-4-15)13-22-11-9-16(10-12-22)21-18(24)7-5-17-6-8-19(27-17)23(25)26/h1-8,16H,9-13H2,(H,21,24)/p+1/b7-5+. The van der Waals surface area contributed by atoms with Crippen LogP contribution in [0.5, 0.6) is 0 Å². The quantitative estimate of drug-likeness (QED) is 0.449. The highest BCUT2D eigenvalue weighted by Crippen LogP contribution is 2.16. The first kappa shape index (κ1) is 19.1. The Balaban J connectivity index is 1.42. The lowest BCUT2D eigenvalue weighted by Gasteiger charge is -2.29. The second kappa shape index (κ2) is 8.83. The number of carbonyl (C=O) groups is 1. The Morgan fingerprint density at radius 3 is 2.59 bits per heavy atom. The van der Waals surface area contributed by atoms with E-state index in [4.69, 9.17) is 16.0 Å². The Kier molecular flexibility index (Phi) is 6.26. The van der Waals surface area contributed by atoms with Gasteiger partial charge in [-0.25, -0.2) is 0 Å². The lowest BCUT2D eigenvalue weighted by atomic mass is 10.0. The summed E-state index contributed by atoms with van der Waals surface area (Å²) in [6.45, 7) is 2.93. The first-order chi connectivity index (χ1) is 13.0.